The van der Waals surface area contributed by atoms with Crippen LogP contribution in [0, 0.1) is 12.7 Å². The van der Waals surface area contributed by atoms with Gasteiger partial charge in [0.2, 0.25) is 5.91 Å². The number of nitrogens with zero attached hydrogens (tertiary/aromatic N) is 3. The van der Waals surface area contributed by atoms with E-state index < -0.39 is 5.91 Å². The van der Waals surface area contributed by atoms with Crippen molar-refractivity contribution in [2.45, 2.75) is 19.9 Å². The molecule has 10 nitrogen and oxygen atoms in total. The number of rotatable bonds is 7. The van der Waals surface area contributed by atoms with Crippen molar-refractivity contribution in [1.82, 2.24) is 20.7 Å². The SMILES string of the molecule is Cc1cc(CNC(=O)c2cc(NC(=O)Cc3ccc(/C(=N/N)NN)cc3)ncn2)ccc1F. The van der Waals surface area contributed by atoms with E-state index in [9.17, 15) is 14.0 Å². The van der Waals surface area contributed by atoms with Gasteiger partial charge in [0.05, 0.1) is 6.42 Å². The quantitative estimate of drug-likeness (QED) is 0.156. The Morgan fingerprint density at radius 2 is 1.79 bits per heavy atom. The van der Waals surface area contributed by atoms with Crippen LogP contribution in [0.5, 0.6) is 0 Å². The lowest BCUT2D eigenvalue weighted by Crippen LogP contribution is -2.32. The predicted molar refractivity (Wildman–Crippen MR) is 121 cm³/mol. The first-order chi connectivity index (χ1) is 15.9. The van der Waals surface area contributed by atoms with Gasteiger partial charge in [-0.05, 0) is 29.7 Å². The van der Waals surface area contributed by atoms with E-state index >= 15 is 0 Å². The number of carbonyl (C=O) groups is 2. The van der Waals surface area contributed by atoms with Crippen LogP contribution < -0.4 is 27.7 Å². The minimum atomic E-state index is -0.448. The van der Waals surface area contributed by atoms with Crippen molar-refractivity contribution in [2.24, 2.45) is 16.8 Å². The van der Waals surface area contributed by atoms with E-state index in [0.29, 0.717) is 17.0 Å². The third-order valence-electron chi connectivity index (χ3n) is 4.70. The highest BCUT2D eigenvalue weighted by molar-refractivity contribution is 5.98. The number of hydrazone groups is 1. The Hall–Kier alpha value is -4.38. The average molecular weight is 450 g/mol. The summed E-state index contributed by atoms with van der Waals surface area (Å²) in [5, 5.41) is 8.88. The van der Waals surface area contributed by atoms with Gasteiger partial charge in [-0.1, -0.05) is 36.4 Å². The second-order valence-electron chi connectivity index (χ2n) is 7.10. The molecule has 0 bridgehead atoms. The fourth-order valence-corrected chi connectivity index (χ4v) is 2.99. The topological polar surface area (TPSA) is 160 Å². The summed E-state index contributed by atoms with van der Waals surface area (Å²) in [6, 6.07) is 12.9. The zero-order valence-electron chi connectivity index (χ0n) is 17.8. The summed E-state index contributed by atoms with van der Waals surface area (Å²) in [4.78, 5) is 32.7. The maximum Gasteiger partial charge on any atom is 0.270 e. The molecule has 170 valence electrons. The molecule has 2 aromatic carbocycles. The number of amides is 2. The number of hydrazine groups is 1. The number of nitrogens with one attached hydrogen (secondary N) is 3. The van der Waals surface area contributed by atoms with Gasteiger partial charge in [-0.3, -0.25) is 9.59 Å². The molecule has 3 aromatic rings. The highest BCUT2D eigenvalue weighted by Crippen LogP contribution is 2.11. The number of anilines is 1. The smallest absolute Gasteiger partial charge is 0.270 e. The molecule has 0 fully saturated rings. The molecule has 0 unspecified atom stereocenters. The molecule has 7 N–H and O–H groups in total. The Labute approximate surface area is 189 Å². The Morgan fingerprint density at radius 3 is 2.45 bits per heavy atom. The van der Waals surface area contributed by atoms with Crippen LogP contribution in [0.4, 0.5) is 10.2 Å². The Morgan fingerprint density at radius 1 is 1.06 bits per heavy atom. The van der Waals surface area contributed by atoms with Crippen molar-refractivity contribution in [3.05, 3.63) is 88.6 Å². The van der Waals surface area contributed by atoms with Crippen molar-refractivity contribution in [3.8, 4) is 0 Å². The van der Waals surface area contributed by atoms with E-state index in [4.69, 9.17) is 11.7 Å². The largest absolute Gasteiger partial charge is 0.347 e. The van der Waals surface area contributed by atoms with E-state index in [2.05, 4.69) is 31.1 Å². The first-order valence-corrected chi connectivity index (χ1v) is 9.88. The van der Waals surface area contributed by atoms with Crippen LogP contribution >= 0.6 is 0 Å². The molecule has 2 amide bonds. The van der Waals surface area contributed by atoms with Gasteiger partial charge in [0.15, 0.2) is 5.84 Å². The van der Waals surface area contributed by atoms with Crippen molar-refractivity contribution < 1.29 is 14.0 Å². The van der Waals surface area contributed by atoms with Crippen molar-refractivity contribution >= 4 is 23.5 Å². The Kier molecular flexibility index (Phi) is 7.60. The van der Waals surface area contributed by atoms with Crippen LogP contribution in [-0.2, 0) is 17.8 Å². The van der Waals surface area contributed by atoms with Crippen LogP contribution in [0.3, 0.4) is 0 Å². The molecule has 33 heavy (non-hydrogen) atoms. The van der Waals surface area contributed by atoms with Crippen molar-refractivity contribution in [3.63, 3.8) is 0 Å². The summed E-state index contributed by atoms with van der Waals surface area (Å²) in [7, 11) is 0. The first kappa shape index (κ1) is 23.3. The predicted octanol–water partition coefficient (Wildman–Crippen LogP) is 1.12. The summed E-state index contributed by atoms with van der Waals surface area (Å²) in [6.45, 7) is 1.86. The van der Waals surface area contributed by atoms with E-state index in [-0.39, 0.29) is 36.2 Å². The molecular weight excluding hydrogens is 427 g/mol. The Bertz CT molecular complexity index is 1180. The highest BCUT2D eigenvalue weighted by atomic mass is 19.1. The summed E-state index contributed by atoms with van der Waals surface area (Å²) in [6.07, 6.45) is 1.27. The van der Waals surface area contributed by atoms with Gasteiger partial charge in [-0.15, -0.1) is 0 Å². The van der Waals surface area contributed by atoms with Crippen LogP contribution in [-0.4, -0.2) is 27.6 Å². The number of nitrogens with two attached hydrogens (primary N) is 2. The maximum atomic E-state index is 13.4. The second kappa shape index (κ2) is 10.8. The lowest BCUT2D eigenvalue weighted by Gasteiger charge is -2.08. The molecule has 0 atom stereocenters. The molecule has 0 radical (unpaired) electrons. The van der Waals surface area contributed by atoms with Gasteiger partial charge in [0, 0.05) is 18.2 Å². The second-order valence-corrected chi connectivity index (χ2v) is 7.10. The van der Waals surface area contributed by atoms with E-state index in [1.165, 1.54) is 18.5 Å². The normalized spacial score (nSPS) is 11.1. The van der Waals surface area contributed by atoms with Crippen LogP contribution in [0.15, 0.2) is 60.0 Å². The molecule has 0 spiro atoms. The summed E-state index contributed by atoms with van der Waals surface area (Å²) in [5.41, 5.74) is 5.13. The first-order valence-electron chi connectivity index (χ1n) is 9.88. The van der Waals surface area contributed by atoms with Crippen LogP contribution in [0.25, 0.3) is 0 Å². The molecule has 1 heterocycles. The van der Waals surface area contributed by atoms with E-state index in [1.807, 2.05) is 0 Å². The van der Waals surface area contributed by atoms with Gasteiger partial charge < -0.3 is 21.9 Å². The zero-order chi connectivity index (χ0) is 23.8. The Balaban J connectivity index is 1.58. The average Bonchev–Trinajstić information content (AvgIpc) is 2.81. The number of benzene rings is 2. The summed E-state index contributed by atoms with van der Waals surface area (Å²) >= 11 is 0. The maximum absolute atomic E-state index is 13.4. The van der Waals surface area contributed by atoms with Crippen LogP contribution in [0.2, 0.25) is 0 Å². The number of hydrogen-bond acceptors (Lipinski definition) is 7. The van der Waals surface area contributed by atoms with Gasteiger partial charge in [0.1, 0.15) is 23.7 Å². The molecule has 0 aliphatic rings. The fraction of sp³-hybridized carbons (Fsp3) is 0.136. The van der Waals surface area contributed by atoms with Gasteiger partial charge >= 0.3 is 0 Å². The minimum Gasteiger partial charge on any atom is -0.347 e. The standard InChI is InChI=1S/C22H23FN8O2/c1-13-8-15(4-7-17(13)23)11-26-22(33)18-10-19(28-12-27-18)29-20(32)9-14-2-5-16(6-3-14)21(30-24)31-25/h2-8,10,12H,9,11,24-25H2,1H3,(H,26,33)(H,30,31)(H,27,28,29,32). The number of aryl methyl sites for hydroxylation is 1. The van der Waals surface area contributed by atoms with Gasteiger partial charge in [-0.2, -0.15) is 5.10 Å². The molecule has 0 saturated carbocycles. The fourth-order valence-electron chi connectivity index (χ4n) is 2.99. The highest BCUT2D eigenvalue weighted by Gasteiger charge is 2.12. The summed E-state index contributed by atoms with van der Waals surface area (Å²) in [5.74, 6) is 10.0. The number of halogens is 1. The number of hydrogen-bond donors (Lipinski definition) is 5. The molecule has 0 aliphatic heterocycles. The molecule has 0 saturated heterocycles. The molecule has 11 heteroatoms. The molecule has 1 aromatic heterocycles. The lowest BCUT2D eigenvalue weighted by atomic mass is 10.1. The molecule has 3 rings (SSSR count). The minimum absolute atomic E-state index is 0.0842. The molecular formula is C22H23FN8O2. The lowest BCUT2D eigenvalue weighted by molar-refractivity contribution is -0.115. The zero-order valence-corrected chi connectivity index (χ0v) is 17.8. The van der Waals surface area contributed by atoms with Gasteiger partial charge in [-0.25, -0.2) is 20.2 Å². The van der Waals surface area contributed by atoms with Crippen molar-refractivity contribution in [2.75, 3.05) is 5.32 Å². The third kappa shape index (κ3) is 6.31. The summed E-state index contributed by atoms with van der Waals surface area (Å²) < 4.78 is 13.4. The number of aromatic nitrogens is 2. The van der Waals surface area contributed by atoms with Crippen molar-refractivity contribution in [1.29, 1.82) is 0 Å². The van der Waals surface area contributed by atoms with E-state index in [0.717, 1.165) is 11.1 Å². The van der Waals surface area contributed by atoms with Gasteiger partial charge in [0.25, 0.3) is 5.91 Å². The number of carbonyl (C=O) groups excluding carboxylic acids is 2. The van der Waals surface area contributed by atoms with E-state index in [1.54, 1.807) is 43.3 Å². The number of amidine groups is 1. The molecule has 0 aliphatic carbocycles. The monoisotopic (exact) mass is 450 g/mol. The van der Waals surface area contributed by atoms with Crippen LogP contribution in [0.1, 0.15) is 32.7 Å². The third-order valence-corrected chi connectivity index (χ3v) is 4.70.